The van der Waals surface area contributed by atoms with E-state index in [0.717, 1.165) is 11.1 Å². The van der Waals surface area contributed by atoms with Crippen LogP contribution in [0.25, 0.3) is 6.08 Å². The number of methoxy groups -OCH3 is 1. The number of benzene rings is 1. The van der Waals surface area contributed by atoms with Gasteiger partial charge in [0.2, 0.25) is 0 Å². The van der Waals surface area contributed by atoms with Gasteiger partial charge in [-0.3, -0.25) is 4.79 Å². The molecule has 4 heteroatoms. The van der Waals surface area contributed by atoms with Crippen LogP contribution in [0.2, 0.25) is 0 Å². The number of aryl methyl sites for hydroxylation is 1. The molecule has 18 heavy (non-hydrogen) atoms. The highest BCUT2D eigenvalue weighted by Gasteiger charge is 2.11. The number of esters is 1. The molecule has 0 aliphatic rings. The van der Waals surface area contributed by atoms with Crippen molar-refractivity contribution in [3.8, 4) is 11.5 Å². The first-order valence-electron chi connectivity index (χ1n) is 5.33. The summed E-state index contributed by atoms with van der Waals surface area (Å²) >= 11 is 5.66. The maximum atomic E-state index is 11.0. The summed E-state index contributed by atoms with van der Waals surface area (Å²) in [5.74, 6) is 0.561. The first-order valence-corrected chi connectivity index (χ1v) is 5.71. The van der Waals surface area contributed by atoms with E-state index in [-0.39, 0.29) is 5.97 Å². The van der Waals surface area contributed by atoms with Crippen molar-refractivity contribution in [1.29, 1.82) is 0 Å². The van der Waals surface area contributed by atoms with Gasteiger partial charge in [-0.15, -0.1) is 0 Å². The van der Waals surface area contributed by atoms with Gasteiger partial charge in [-0.2, -0.15) is 0 Å². The van der Waals surface area contributed by atoms with Crippen LogP contribution in [0.15, 0.2) is 29.8 Å². The van der Waals surface area contributed by atoms with Gasteiger partial charge in [-0.1, -0.05) is 24.3 Å². The summed E-state index contributed by atoms with van der Waals surface area (Å²) in [5, 5.41) is 0.440. The van der Waals surface area contributed by atoms with Gasteiger partial charge in [0, 0.05) is 12.0 Å². The molecule has 1 aromatic rings. The molecule has 0 spiro atoms. The van der Waals surface area contributed by atoms with Gasteiger partial charge in [-0.25, -0.2) is 0 Å². The Morgan fingerprint density at radius 3 is 2.61 bits per heavy atom. The van der Waals surface area contributed by atoms with Crippen LogP contribution in [0.3, 0.4) is 0 Å². The Morgan fingerprint density at radius 1 is 1.44 bits per heavy atom. The van der Waals surface area contributed by atoms with Crippen LogP contribution in [0.1, 0.15) is 18.1 Å². The number of hydrogen-bond donors (Lipinski definition) is 0. The molecule has 0 amide bonds. The molecule has 0 N–H and O–H groups in total. The Bertz CT molecular complexity index is 504. The average Bonchev–Trinajstić information content (AvgIpc) is 2.28. The highest BCUT2D eigenvalue weighted by atomic mass is 35.5. The molecule has 0 aliphatic heterocycles. The van der Waals surface area contributed by atoms with Gasteiger partial charge in [0.05, 0.1) is 7.11 Å². The zero-order valence-corrected chi connectivity index (χ0v) is 11.4. The highest BCUT2D eigenvalue weighted by molar-refractivity contribution is 6.31. The number of carbonyl (C=O) groups is 1. The fraction of sp³-hybridized carbons (Fsp3) is 0.214. The number of hydrogen-bond acceptors (Lipinski definition) is 3. The number of carbonyl (C=O) groups excluding carboxylic acids is 1. The SMILES string of the molecule is C=C(Cl)C=Cc1cc(C)c(OC(C)=O)c(OC)c1. The van der Waals surface area contributed by atoms with Gasteiger partial charge in [0.15, 0.2) is 11.5 Å². The maximum absolute atomic E-state index is 11.0. The molecule has 3 nitrogen and oxygen atoms in total. The van der Waals surface area contributed by atoms with Crippen LogP contribution in [-0.2, 0) is 4.79 Å². The molecule has 0 unspecified atom stereocenters. The molecule has 1 rings (SSSR count). The zero-order valence-electron chi connectivity index (χ0n) is 10.6. The summed E-state index contributed by atoms with van der Waals surface area (Å²) in [6, 6.07) is 3.64. The number of ether oxygens (including phenoxy) is 2. The topological polar surface area (TPSA) is 35.5 Å². The second kappa shape index (κ2) is 6.26. The lowest BCUT2D eigenvalue weighted by molar-refractivity contribution is -0.132. The van der Waals surface area contributed by atoms with Gasteiger partial charge < -0.3 is 9.47 Å². The Kier molecular flexibility index (Phi) is 4.98. The molecule has 0 fully saturated rings. The lowest BCUT2D eigenvalue weighted by Gasteiger charge is -2.11. The van der Waals surface area contributed by atoms with Crippen LogP contribution in [-0.4, -0.2) is 13.1 Å². The quantitative estimate of drug-likeness (QED) is 0.474. The molecule has 0 saturated carbocycles. The van der Waals surface area contributed by atoms with Crippen molar-refractivity contribution in [2.45, 2.75) is 13.8 Å². The molecule has 0 bridgehead atoms. The number of rotatable bonds is 4. The fourth-order valence-corrected chi connectivity index (χ4v) is 1.54. The van der Waals surface area contributed by atoms with E-state index in [0.29, 0.717) is 16.5 Å². The minimum atomic E-state index is -0.381. The molecular formula is C14H15ClO3. The van der Waals surface area contributed by atoms with Gasteiger partial charge >= 0.3 is 5.97 Å². The third-order valence-corrected chi connectivity index (χ3v) is 2.31. The highest BCUT2D eigenvalue weighted by Crippen LogP contribution is 2.33. The summed E-state index contributed by atoms with van der Waals surface area (Å²) in [6.07, 6.45) is 3.49. The van der Waals surface area contributed by atoms with E-state index in [1.54, 1.807) is 12.1 Å². The summed E-state index contributed by atoms with van der Waals surface area (Å²) < 4.78 is 10.3. The van der Waals surface area contributed by atoms with Crippen molar-refractivity contribution >= 4 is 23.6 Å². The molecule has 0 saturated heterocycles. The van der Waals surface area contributed by atoms with E-state index < -0.39 is 0 Å². The predicted octanol–water partition coefficient (Wildman–Crippen LogP) is 3.69. The van der Waals surface area contributed by atoms with Crippen molar-refractivity contribution in [1.82, 2.24) is 0 Å². The Hall–Kier alpha value is -1.74. The lowest BCUT2D eigenvalue weighted by atomic mass is 10.1. The average molecular weight is 267 g/mol. The second-order valence-corrected chi connectivity index (χ2v) is 4.23. The van der Waals surface area contributed by atoms with Crippen molar-refractivity contribution < 1.29 is 14.3 Å². The molecule has 96 valence electrons. The van der Waals surface area contributed by atoms with Crippen molar-refractivity contribution in [2.24, 2.45) is 0 Å². The first kappa shape index (κ1) is 14.3. The van der Waals surface area contributed by atoms with E-state index >= 15 is 0 Å². The maximum Gasteiger partial charge on any atom is 0.308 e. The standard InChI is InChI=1S/C14H15ClO3/c1-9-7-12(6-5-10(2)15)8-13(17-4)14(9)18-11(3)16/h5-8H,2H2,1,3-4H3. The molecule has 0 aromatic heterocycles. The summed E-state index contributed by atoms with van der Waals surface area (Å²) in [6.45, 7) is 6.76. The molecule has 0 radical (unpaired) electrons. The van der Waals surface area contributed by atoms with E-state index in [9.17, 15) is 4.79 Å². The number of allylic oxidation sites excluding steroid dienone is 2. The third kappa shape index (κ3) is 3.93. The lowest BCUT2D eigenvalue weighted by Crippen LogP contribution is -2.04. The molecule has 1 aromatic carbocycles. The van der Waals surface area contributed by atoms with E-state index in [4.69, 9.17) is 21.1 Å². The first-order chi connectivity index (χ1) is 8.43. The van der Waals surface area contributed by atoms with Crippen molar-refractivity contribution in [3.05, 3.63) is 40.9 Å². The molecule has 0 aliphatic carbocycles. The predicted molar refractivity (Wildman–Crippen MR) is 73.1 cm³/mol. The molecular weight excluding hydrogens is 252 g/mol. The molecule has 0 heterocycles. The van der Waals surface area contributed by atoms with Crippen LogP contribution in [0.5, 0.6) is 11.5 Å². The van der Waals surface area contributed by atoms with Crippen LogP contribution < -0.4 is 9.47 Å². The minimum Gasteiger partial charge on any atom is -0.493 e. The zero-order chi connectivity index (χ0) is 13.7. The smallest absolute Gasteiger partial charge is 0.308 e. The second-order valence-electron chi connectivity index (χ2n) is 3.74. The van der Waals surface area contributed by atoms with Crippen molar-refractivity contribution in [3.63, 3.8) is 0 Å². The van der Waals surface area contributed by atoms with E-state index in [2.05, 4.69) is 6.58 Å². The Balaban J connectivity index is 3.17. The largest absolute Gasteiger partial charge is 0.493 e. The van der Waals surface area contributed by atoms with E-state index in [1.165, 1.54) is 14.0 Å². The van der Waals surface area contributed by atoms with E-state index in [1.807, 2.05) is 19.1 Å². The van der Waals surface area contributed by atoms with Crippen LogP contribution in [0.4, 0.5) is 0 Å². The monoisotopic (exact) mass is 266 g/mol. The van der Waals surface area contributed by atoms with Gasteiger partial charge in [0.25, 0.3) is 0 Å². The normalized spacial score (nSPS) is 10.4. The van der Waals surface area contributed by atoms with Crippen molar-refractivity contribution in [2.75, 3.05) is 7.11 Å². The summed E-state index contributed by atoms with van der Waals surface area (Å²) in [5.41, 5.74) is 1.70. The summed E-state index contributed by atoms with van der Waals surface area (Å²) in [7, 11) is 1.52. The van der Waals surface area contributed by atoms with Crippen LogP contribution in [0, 0.1) is 6.92 Å². The third-order valence-electron chi connectivity index (χ3n) is 2.19. The van der Waals surface area contributed by atoms with Gasteiger partial charge in [-0.05, 0) is 36.3 Å². The Morgan fingerprint density at radius 2 is 2.11 bits per heavy atom. The number of halogens is 1. The minimum absolute atomic E-state index is 0.381. The summed E-state index contributed by atoms with van der Waals surface area (Å²) in [4.78, 5) is 11.0. The Labute approximate surface area is 112 Å². The van der Waals surface area contributed by atoms with Gasteiger partial charge in [0.1, 0.15) is 0 Å². The van der Waals surface area contributed by atoms with Crippen LogP contribution >= 0.6 is 11.6 Å². The molecule has 0 atom stereocenters. The fourth-order valence-electron chi connectivity index (χ4n) is 1.48.